The summed E-state index contributed by atoms with van der Waals surface area (Å²) >= 11 is 0. The maximum absolute atomic E-state index is 11.1. The molecule has 3 N–H and O–H groups in total. The SMILES string of the molecule is CNS(=O)(=O)Nc1ccc(CO)cc1. The van der Waals surface area contributed by atoms with Crippen LogP contribution in [-0.4, -0.2) is 20.6 Å². The molecule has 0 atom stereocenters. The zero-order valence-corrected chi connectivity index (χ0v) is 8.50. The Kier molecular flexibility index (Phi) is 3.45. The third-order valence-electron chi connectivity index (χ3n) is 1.66. The Morgan fingerprint density at radius 2 is 1.86 bits per heavy atom. The lowest BCUT2D eigenvalue weighted by Gasteiger charge is -2.06. The van der Waals surface area contributed by atoms with Crippen LogP contribution in [0.1, 0.15) is 5.56 Å². The van der Waals surface area contributed by atoms with Gasteiger partial charge in [-0.3, -0.25) is 4.72 Å². The molecular weight excluding hydrogens is 204 g/mol. The summed E-state index contributed by atoms with van der Waals surface area (Å²) in [6.45, 7) is -0.0565. The van der Waals surface area contributed by atoms with Crippen molar-refractivity contribution >= 4 is 15.9 Å². The van der Waals surface area contributed by atoms with Crippen LogP contribution >= 0.6 is 0 Å². The fourth-order valence-electron chi connectivity index (χ4n) is 0.884. The van der Waals surface area contributed by atoms with E-state index < -0.39 is 10.2 Å². The number of aliphatic hydroxyl groups is 1. The quantitative estimate of drug-likeness (QED) is 0.665. The van der Waals surface area contributed by atoms with E-state index in [9.17, 15) is 8.42 Å². The minimum absolute atomic E-state index is 0.0565. The number of rotatable bonds is 4. The molecule has 0 heterocycles. The predicted molar refractivity (Wildman–Crippen MR) is 54.0 cm³/mol. The Hall–Kier alpha value is -1.11. The van der Waals surface area contributed by atoms with Crippen molar-refractivity contribution in [3.8, 4) is 0 Å². The monoisotopic (exact) mass is 216 g/mol. The molecule has 1 aromatic rings. The highest BCUT2D eigenvalue weighted by molar-refractivity contribution is 7.90. The van der Waals surface area contributed by atoms with Crippen molar-refractivity contribution in [2.24, 2.45) is 0 Å². The van der Waals surface area contributed by atoms with Crippen molar-refractivity contribution in [1.29, 1.82) is 0 Å². The van der Waals surface area contributed by atoms with Gasteiger partial charge in [-0.2, -0.15) is 8.42 Å². The van der Waals surface area contributed by atoms with Gasteiger partial charge in [0.05, 0.1) is 6.61 Å². The average molecular weight is 216 g/mol. The molecule has 0 unspecified atom stereocenters. The summed E-state index contributed by atoms with van der Waals surface area (Å²) in [5, 5.41) is 8.76. The van der Waals surface area contributed by atoms with Gasteiger partial charge in [0.25, 0.3) is 10.2 Å². The van der Waals surface area contributed by atoms with E-state index in [-0.39, 0.29) is 6.61 Å². The van der Waals surface area contributed by atoms with Crippen LogP contribution < -0.4 is 9.44 Å². The standard InChI is InChI=1S/C8H12N2O3S/c1-9-14(12,13)10-8-4-2-7(6-11)3-5-8/h2-5,9-11H,6H2,1H3. The van der Waals surface area contributed by atoms with Crippen LogP contribution in [0.15, 0.2) is 24.3 Å². The summed E-state index contributed by atoms with van der Waals surface area (Å²) in [5.41, 5.74) is 1.19. The summed E-state index contributed by atoms with van der Waals surface area (Å²) < 4.78 is 26.5. The van der Waals surface area contributed by atoms with Gasteiger partial charge in [0, 0.05) is 12.7 Å². The van der Waals surface area contributed by atoms with E-state index in [1.54, 1.807) is 24.3 Å². The van der Waals surface area contributed by atoms with Crippen molar-refractivity contribution in [2.45, 2.75) is 6.61 Å². The normalized spacial score (nSPS) is 11.3. The minimum atomic E-state index is -3.45. The van der Waals surface area contributed by atoms with E-state index in [4.69, 9.17) is 5.11 Å². The van der Waals surface area contributed by atoms with Crippen LogP contribution in [0.2, 0.25) is 0 Å². The van der Waals surface area contributed by atoms with E-state index >= 15 is 0 Å². The third kappa shape index (κ3) is 2.99. The first-order valence-electron chi connectivity index (χ1n) is 3.98. The van der Waals surface area contributed by atoms with Crippen molar-refractivity contribution in [1.82, 2.24) is 4.72 Å². The molecule has 5 nitrogen and oxygen atoms in total. The number of aliphatic hydroxyl groups excluding tert-OH is 1. The largest absolute Gasteiger partial charge is 0.392 e. The fraction of sp³-hybridized carbons (Fsp3) is 0.250. The first kappa shape index (κ1) is 11.0. The Morgan fingerprint density at radius 3 is 2.29 bits per heavy atom. The van der Waals surface area contributed by atoms with Gasteiger partial charge in [0.1, 0.15) is 0 Å². The molecule has 1 rings (SSSR count). The molecule has 0 bridgehead atoms. The molecule has 0 aliphatic rings. The van der Waals surface area contributed by atoms with Gasteiger partial charge in [-0.05, 0) is 17.7 Å². The van der Waals surface area contributed by atoms with E-state index in [0.29, 0.717) is 5.69 Å². The molecule has 78 valence electrons. The van der Waals surface area contributed by atoms with E-state index in [2.05, 4.69) is 9.44 Å². The van der Waals surface area contributed by atoms with Crippen LogP contribution in [0, 0.1) is 0 Å². The number of anilines is 1. The summed E-state index contributed by atoms with van der Waals surface area (Å²) in [4.78, 5) is 0. The van der Waals surface area contributed by atoms with Gasteiger partial charge in [0.15, 0.2) is 0 Å². The highest BCUT2D eigenvalue weighted by Crippen LogP contribution is 2.10. The summed E-state index contributed by atoms with van der Waals surface area (Å²) in [7, 11) is -2.13. The smallest absolute Gasteiger partial charge is 0.298 e. The molecule has 14 heavy (non-hydrogen) atoms. The number of benzene rings is 1. The van der Waals surface area contributed by atoms with Gasteiger partial charge in [-0.15, -0.1) is 0 Å². The second-order valence-corrected chi connectivity index (χ2v) is 4.28. The first-order valence-corrected chi connectivity index (χ1v) is 5.47. The Bertz CT molecular complexity index is 386. The van der Waals surface area contributed by atoms with Crippen molar-refractivity contribution in [2.75, 3.05) is 11.8 Å². The van der Waals surface area contributed by atoms with Gasteiger partial charge in [0.2, 0.25) is 0 Å². The topological polar surface area (TPSA) is 78.4 Å². The zero-order chi connectivity index (χ0) is 10.6. The Morgan fingerprint density at radius 1 is 1.29 bits per heavy atom. The summed E-state index contributed by atoms with van der Waals surface area (Å²) in [5.74, 6) is 0. The summed E-state index contributed by atoms with van der Waals surface area (Å²) in [6, 6.07) is 6.46. The molecule has 6 heteroatoms. The molecule has 0 amide bonds. The molecule has 0 aromatic heterocycles. The highest BCUT2D eigenvalue weighted by Gasteiger charge is 2.04. The predicted octanol–water partition coefficient (Wildman–Crippen LogP) is 0.0550. The minimum Gasteiger partial charge on any atom is -0.392 e. The molecular formula is C8H12N2O3S. The molecule has 0 radical (unpaired) electrons. The van der Waals surface area contributed by atoms with Crippen LogP contribution in [-0.2, 0) is 16.8 Å². The lowest BCUT2D eigenvalue weighted by atomic mass is 10.2. The second kappa shape index (κ2) is 4.41. The Balaban J connectivity index is 2.79. The zero-order valence-electron chi connectivity index (χ0n) is 7.69. The molecule has 0 spiro atoms. The lowest BCUT2D eigenvalue weighted by molar-refractivity contribution is 0.282. The molecule has 0 aliphatic heterocycles. The molecule has 1 aromatic carbocycles. The first-order chi connectivity index (χ1) is 6.57. The maximum Gasteiger partial charge on any atom is 0.298 e. The molecule has 0 fully saturated rings. The van der Waals surface area contributed by atoms with Gasteiger partial charge in [-0.25, -0.2) is 4.72 Å². The van der Waals surface area contributed by atoms with Gasteiger partial charge < -0.3 is 5.11 Å². The average Bonchev–Trinajstić information content (AvgIpc) is 2.19. The number of nitrogens with one attached hydrogen (secondary N) is 2. The van der Waals surface area contributed by atoms with E-state index in [1.165, 1.54) is 7.05 Å². The second-order valence-electron chi connectivity index (χ2n) is 2.66. The number of hydrogen-bond donors (Lipinski definition) is 3. The molecule has 0 aliphatic carbocycles. The lowest BCUT2D eigenvalue weighted by Crippen LogP contribution is -2.26. The maximum atomic E-state index is 11.1. The molecule has 0 saturated carbocycles. The van der Waals surface area contributed by atoms with Crippen molar-refractivity contribution in [3.63, 3.8) is 0 Å². The number of hydrogen-bond acceptors (Lipinski definition) is 3. The van der Waals surface area contributed by atoms with Crippen LogP contribution in [0.5, 0.6) is 0 Å². The highest BCUT2D eigenvalue weighted by atomic mass is 32.2. The van der Waals surface area contributed by atoms with Gasteiger partial charge in [-0.1, -0.05) is 12.1 Å². The molecule has 0 saturated heterocycles. The summed E-state index contributed by atoms with van der Waals surface area (Å²) in [6.07, 6.45) is 0. The van der Waals surface area contributed by atoms with Crippen molar-refractivity contribution < 1.29 is 13.5 Å². The van der Waals surface area contributed by atoms with Crippen molar-refractivity contribution in [3.05, 3.63) is 29.8 Å². The van der Waals surface area contributed by atoms with Crippen LogP contribution in [0.4, 0.5) is 5.69 Å². The van der Waals surface area contributed by atoms with Crippen LogP contribution in [0.25, 0.3) is 0 Å². The third-order valence-corrected chi connectivity index (χ3v) is 2.70. The van der Waals surface area contributed by atoms with E-state index in [1.807, 2.05) is 0 Å². The van der Waals surface area contributed by atoms with Gasteiger partial charge >= 0.3 is 0 Å². The van der Waals surface area contributed by atoms with Crippen LogP contribution in [0.3, 0.4) is 0 Å². The van der Waals surface area contributed by atoms with E-state index in [0.717, 1.165) is 5.56 Å². The fourth-order valence-corrected chi connectivity index (χ4v) is 1.43. The Labute approximate surface area is 83.0 Å².